The molecule has 0 N–H and O–H groups in total. The lowest BCUT2D eigenvalue weighted by molar-refractivity contribution is 0.0750. The van der Waals surface area contributed by atoms with Crippen LogP contribution < -0.4 is 9.64 Å². The van der Waals surface area contributed by atoms with Gasteiger partial charge in [0.2, 0.25) is 5.88 Å². The normalized spacial score (nSPS) is 17.0. The van der Waals surface area contributed by atoms with Crippen LogP contribution in [0.4, 0.5) is 5.69 Å². The predicted molar refractivity (Wildman–Crippen MR) is 111 cm³/mol. The van der Waals surface area contributed by atoms with E-state index in [1.165, 1.54) is 24.4 Å². The summed E-state index contributed by atoms with van der Waals surface area (Å²) < 4.78 is 9.83. The van der Waals surface area contributed by atoms with Crippen LogP contribution in [0.3, 0.4) is 0 Å². The summed E-state index contributed by atoms with van der Waals surface area (Å²) in [6.45, 7) is 5.44. The van der Waals surface area contributed by atoms with E-state index in [-0.39, 0.29) is 5.91 Å². The van der Waals surface area contributed by atoms with Gasteiger partial charge in [0.25, 0.3) is 5.91 Å². The number of benzene rings is 1. The zero-order valence-corrected chi connectivity index (χ0v) is 17.1. The first kappa shape index (κ1) is 18.2. The third-order valence-corrected chi connectivity index (χ3v) is 6.33. The monoisotopic (exact) mass is 410 g/mol. The van der Waals surface area contributed by atoms with Gasteiger partial charge in [-0.1, -0.05) is 4.49 Å². The Morgan fingerprint density at radius 2 is 2.03 bits per heavy atom. The third-order valence-electron chi connectivity index (χ3n) is 5.51. The third kappa shape index (κ3) is 3.74. The van der Waals surface area contributed by atoms with E-state index < -0.39 is 0 Å². The summed E-state index contributed by atoms with van der Waals surface area (Å²) in [5, 5.41) is 4.89. The molecule has 5 rings (SSSR count). The van der Waals surface area contributed by atoms with E-state index in [1.807, 2.05) is 17.9 Å². The number of fused-ring (bicyclic) bond motifs is 1. The minimum absolute atomic E-state index is 0.0276. The topological polar surface area (TPSA) is 84.3 Å². The number of piperazine rings is 1. The van der Waals surface area contributed by atoms with Crippen LogP contribution in [0.1, 0.15) is 28.2 Å². The van der Waals surface area contributed by atoms with Crippen LogP contribution in [-0.2, 0) is 0 Å². The van der Waals surface area contributed by atoms with Gasteiger partial charge in [0.15, 0.2) is 0 Å². The van der Waals surface area contributed by atoms with E-state index in [0.29, 0.717) is 35.5 Å². The first-order chi connectivity index (χ1) is 14.2. The Morgan fingerprint density at radius 1 is 1.21 bits per heavy atom. The lowest BCUT2D eigenvalue weighted by Crippen LogP contribution is -2.48. The van der Waals surface area contributed by atoms with Gasteiger partial charge in [-0.05, 0) is 55.4 Å². The molecular formula is C20H22N6O2S. The second-order valence-corrected chi connectivity index (χ2v) is 8.36. The summed E-state index contributed by atoms with van der Waals surface area (Å²) in [7, 11) is 0. The van der Waals surface area contributed by atoms with Crippen molar-refractivity contribution in [1.29, 1.82) is 0 Å². The molecule has 0 unspecified atom stereocenters. The van der Waals surface area contributed by atoms with Crippen LogP contribution in [0.25, 0.3) is 10.9 Å². The Morgan fingerprint density at radius 3 is 2.76 bits per heavy atom. The second-order valence-electron chi connectivity index (χ2n) is 7.60. The lowest BCUT2D eigenvalue weighted by atomic mass is 10.2. The fourth-order valence-electron chi connectivity index (χ4n) is 3.55. The van der Waals surface area contributed by atoms with Crippen LogP contribution in [0.2, 0.25) is 0 Å². The van der Waals surface area contributed by atoms with Gasteiger partial charge in [0.1, 0.15) is 11.2 Å². The number of aromatic nitrogens is 4. The van der Waals surface area contributed by atoms with Crippen molar-refractivity contribution in [1.82, 2.24) is 24.5 Å². The fraction of sp³-hybridized carbons (Fsp3) is 0.450. The minimum Gasteiger partial charge on any atom is -0.477 e. The maximum Gasteiger partial charge on any atom is 0.267 e. The Hall–Kier alpha value is -2.81. The number of anilines is 1. The van der Waals surface area contributed by atoms with Crippen molar-refractivity contribution >= 4 is 34.0 Å². The van der Waals surface area contributed by atoms with Crippen molar-refractivity contribution in [3.05, 3.63) is 35.1 Å². The Labute approximate surface area is 172 Å². The molecule has 1 aromatic carbocycles. The molecule has 0 atom stereocenters. The molecule has 29 heavy (non-hydrogen) atoms. The number of nitrogens with zero attached hydrogens (tertiary/aromatic N) is 6. The standard InChI is InChI=1S/C20H22N6O2S/c1-13-18(29-24-23-13)20(27)26-8-6-25(7-9-26)15-4-5-17-16(10-15)19(22-12-21-17)28-11-14-2-3-14/h4-5,10,12,14H,2-3,6-9,11H2,1H3. The molecule has 2 aliphatic rings. The smallest absolute Gasteiger partial charge is 0.267 e. The number of aryl methyl sites for hydroxylation is 1. The van der Waals surface area contributed by atoms with Crippen LogP contribution in [0.5, 0.6) is 5.88 Å². The molecule has 0 bridgehead atoms. The molecule has 3 aromatic rings. The van der Waals surface area contributed by atoms with Gasteiger partial charge in [0.05, 0.1) is 23.2 Å². The van der Waals surface area contributed by atoms with Crippen LogP contribution >= 0.6 is 11.5 Å². The van der Waals surface area contributed by atoms with E-state index in [4.69, 9.17) is 4.74 Å². The first-order valence-corrected chi connectivity index (χ1v) is 10.7. The van der Waals surface area contributed by atoms with Crippen molar-refractivity contribution < 1.29 is 9.53 Å². The lowest BCUT2D eigenvalue weighted by Gasteiger charge is -2.36. The zero-order valence-electron chi connectivity index (χ0n) is 16.2. The van der Waals surface area contributed by atoms with Gasteiger partial charge >= 0.3 is 0 Å². The number of rotatable bonds is 5. The largest absolute Gasteiger partial charge is 0.477 e. The number of carbonyl (C=O) groups excluding carboxylic acids is 1. The Bertz CT molecular complexity index is 1040. The maximum absolute atomic E-state index is 12.7. The Kier molecular flexibility index (Phi) is 4.75. The highest BCUT2D eigenvalue weighted by Crippen LogP contribution is 2.32. The minimum atomic E-state index is 0.0276. The molecule has 0 radical (unpaired) electrons. The molecule has 1 aliphatic heterocycles. The van der Waals surface area contributed by atoms with E-state index in [2.05, 4.69) is 36.6 Å². The molecule has 2 aromatic heterocycles. The van der Waals surface area contributed by atoms with Gasteiger partial charge in [-0.2, -0.15) is 0 Å². The van der Waals surface area contributed by atoms with Gasteiger partial charge in [0, 0.05) is 31.9 Å². The number of carbonyl (C=O) groups is 1. The molecule has 1 aliphatic carbocycles. The predicted octanol–water partition coefficient (Wildman–Crippen LogP) is 2.54. The quantitative estimate of drug-likeness (QED) is 0.639. The number of hydrogen-bond donors (Lipinski definition) is 0. The summed E-state index contributed by atoms with van der Waals surface area (Å²) >= 11 is 1.17. The van der Waals surface area contributed by atoms with Crippen molar-refractivity contribution in [3.8, 4) is 5.88 Å². The highest BCUT2D eigenvalue weighted by atomic mass is 32.1. The van der Waals surface area contributed by atoms with Gasteiger partial charge in [-0.15, -0.1) is 5.10 Å². The van der Waals surface area contributed by atoms with Crippen LogP contribution in [-0.4, -0.2) is 63.1 Å². The summed E-state index contributed by atoms with van der Waals surface area (Å²) in [6, 6.07) is 6.20. The molecule has 8 nitrogen and oxygen atoms in total. The molecule has 1 saturated carbocycles. The second kappa shape index (κ2) is 7.55. The molecule has 1 saturated heterocycles. The van der Waals surface area contributed by atoms with Crippen molar-refractivity contribution in [3.63, 3.8) is 0 Å². The number of amides is 1. The molecular weight excluding hydrogens is 388 g/mol. The average Bonchev–Trinajstić information content (AvgIpc) is 3.50. The summed E-state index contributed by atoms with van der Waals surface area (Å²) in [5.41, 5.74) is 2.69. The SMILES string of the molecule is Cc1nnsc1C(=O)N1CCN(c2ccc3ncnc(OCC4CC4)c3c2)CC1. The van der Waals surface area contributed by atoms with Gasteiger partial charge in [-0.25, -0.2) is 9.97 Å². The average molecular weight is 411 g/mol. The number of hydrogen-bond acceptors (Lipinski definition) is 8. The van der Waals surface area contributed by atoms with E-state index in [1.54, 1.807) is 6.33 Å². The summed E-state index contributed by atoms with van der Waals surface area (Å²) in [5.74, 6) is 1.36. The zero-order chi connectivity index (χ0) is 19.8. The van der Waals surface area contributed by atoms with Gasteiger partial charge in [-0.3, -0.25) is 4.79 Å². The highest BCUT2D eigenvalue weighted by molar-refractivity contribution is 7.07. The van der Waals surface area contributed by atoms with Crippen LogP contribution in [0, 0.1) is 12.8 Å². The van der Waals surface area contributed by atoms with Gasteiger partial charge < -0.3 is 14.5 Å². The maximum atomic E-state index is 12.7. The summed E-state index contributed by atoms with van der Waals surface area (Å²) in [6.07, 6.45) is 4.05. The Balaban J connectivity index is 1.30. The van der Waals surface area contributed by atoms with E-state index >= 15 is 0 Å². The van der Waals surface area contributed by atoms with Crippen molar-refractivity contribution in [2.24, 2.45) is 5.92 Å². The number of ether oxygens (including phenoxy) is 1. The van der Waals surface area contributed by atoms with E-state index in [0.717, 1.165) is 36.3 Å². The summed E-state index contributed by atoms with van der Waals surface area (Å²) in [4.78, 5) is 26.2. The fourth-order valence-corrected chi connectivity index (χ4v) is 4.18. The molecule has 0 spiro atoms. The molecule has 3 heterocycles. The molecule has 1 amide bonds. The van der Waals surface area contributed by atoms with Crippen molar-refractivity contribution in [2.45, 2.75) is 19.8 Å². The van der Waals surface area contributed by atoms with E-state index in [9.17, 15) is 4.79 Å². The highest BCUT2D eigenvalue weighted by Gasteiger charge is 2.26. The molecule has 9 heteroatoms. The van der Waals surface area contributed by atoms with Crippen LogP contribution in [0.15, 0.2) is 24.5 Å². The molecule has 150 valence electrons. The van der Waals surface area contributed by atoms with Crippen molar-refractivity contribution in [2.75, 3.05) is 37.7 Å². The first-order valence-electron chi connectivity index (χ1n) is 9.90. The molecule has 2 fully saturated rings.